The van der Waals surface area contributed by atoms with Crippen molar-refractivity contribution in [1.29, 1.82) is 0 Å². The molecule has 0 aliphatic heterocycles. The Morgan fingerprint density at radius 1 is 1.31 bits per heavy atom. The van der Waals surface area contributed by atoms with E-state index in [1.165, 1.54) is 12.8 Å². The topological polar surface area (TPSA) is 21.3 Å². The van der Waals surface area contributed by atoms with Crippen molar-refractivity contribution in [1.82, 2.24) is 5.32 Å². The fourth-order valence-electron chi connectivity index (χ4n) is 1.68. The van der Waals surface area contributed by atoms with Crippen LogP contribution in [0.5, 0.6) is 0 Å². The highest BCUT2D eigenvalue weighted by molar-refractivity contribution is 4.86. The molecule has 0 saturated heterocycles. The first kappa shape index (κ1) is 11.0. The normalized spacial score (nSPS) is 21.9. The van der Waals surface area contributed by atoms with Crippen molar-refractivity contribution in [2.45, 2.75) is 45.7 Å². The van der Waals surface area contributed by atoms with Crippen molar-refractivity contribution < 1.29 is 4.74 Å². The first-order chi connectivity index (χ1) is 6.15. The number of hydrogen-bond donors (Lipinski definition) is 1. The molecule has 1 N–H and O–H groups in total. The van der Waals surface area contributed by atoms with Crippen LogP contribution in [0, 0.1) is 11.8 Å². The molecule has 0 bridgehead atoms. The molecule has 0 spiro atoms. The largest absolute Gasteiger partial charge is 0.383 e. The van der Waals surface area contributed by atoms with Gasteiger partial charge in [-0.2, -0.15) is 0 Å². The summed E-state index contributed by atoms with van der Waals surface area (Å²) in [7, 11) is 1.78. The van der Waals surface area contributed by atoms with Gasteiger partial charge in [-0.1, -0.05) is 13.8 Å². The van der Waals surface area contributed by atoms with Crippen LogP contribution >= 0.6 is 0 Å². The Balaban J connectivity index is 2.27. The summed E-state index contributed by atoms with van der Waals surface area (Å²) >= 11 is 0. The Labute approximate surface area is 82.0 Å². The Morgan fingerprint density at radius 3 is 2.31 bits per heavy atom. The molecule has 1 aliphatic carbocycles. The molecule has 78 valence electrons. The number of rotatable bonds is 6. The van der Waals surface area contributed by atoms with Crippen LogP contribution in [0.2, 0.25) is 0 Å². The Bertz CT molecular complexity index is 143. The highest BCUT2D eigenvalue weighted by Gasteiger charge is 2.29. The number of ether oxygens (including phenoxy) is 1. The van der Waals surface area contributed by atoms with Gasteiger partial charge in [-0.3, -0.25) is 0 Å². The number of nitrogens with one attached hydrogen (secondary N) is 1. The first-order valence-electron chi connectivity index (χ1n) is 5.40. The van der Waals surface area contributed by atoms with Gasteiger partial charge in [0.05, 0.1) is 6.61 Å². The van der Waals surface area contributed by atoms with Crippen molar-refractivity contribution >= 4 is 0 Å². The molecule has 1 rings (SSSR count). The van der Waals surface area contributed by atoms with Gasteiger partial charge in [0.15, 0.2) is 0 Å². The molecule has 2 nitrogen and oxygen atoms in total. The molecular weight excluding hydrogens is 162 g/mol. The summed E-state index contributed by atoms with van der Waals surface area (Å²) in [6, 6.07) is 1.18. The zero-order chi connectivity index (χ0) is 9.84. The van der Waals surface area contributed by atoms with Crippen LogP contribution in [0.3, 0.4) is 0 Å². The Morgan fingerprint density at radius 2 is 1.92 bits per heavy atom. The first-order valence-corrected chi connectivity index (χ1v) is 5.40. The van der Waals surface area contributed by atoms with E-state index < -0.39 is 0 Å². The molecule has 2 heteroatoms. The summed E-state index contributed by atoms with van der Waals surface area (Å²) in [4.78, 5) is 0. The fraction of sp³-hybridized carbons (Fsp3) is 1.00. The highest BCUT2D eigenvalue weighted by Crippen LogP contribution is 2.32. The minimum Gasteiger partial charge on any atom is -0.383 e. The van der Waals surface area contributed by atoms with Crippen LogP contribution in [0.4, 0.5) is 0 Å². The summed E-state index contributed by atoms with van der Waals surface area (Å²) in [6.45, 7) is 7.62. The lowest BCUT2D eigenvalue weighted by atomic mass is 10.0. The minimum atomic E-state index is 0.514. The zero-order valence-corrected chi connectivity index (χ0v) is 9.34. The zero-order valence-electron chi connectivity index (χ0n) is 9.34. The van der Waals surface area contributed by atoms with E-state index >= 15 is 0 Å². The van der Waals surface area contributed by atoms with Crippen LogP contribution in [0.15, 0.2) is 0 Å². The van der Waals surface area contributed by atoms with Gasteiger partial charge in [0.2, 0.25) is 0 Å². The number of methoxy groups -OCH3 is 1. The molecule has 1 saturated carbocycles. The van der Waals surface area contributed by atoms with Gasteiger partial charge >= 0.3 is 0 Å². The predicted molar refractivity (Wildman–Crippen MR) is 55.8 cm³/mol. The van der Waals surface area contributed by atoms with E-state index in [-0.39, 0.29) is 0 Å². The van der Waals surface area contributed by atoms with E-state index in [0.29, 0.717) is 18.0 Å². The van der Waals surface area contributed by atoms with Gasteiger partial charge in [-0.15, -0.1) is 0 Å². The summed E-state index contributed by atoms with van der Waals surface area (Å²) in [6.07, 6.45) is 2.82. The van der Waals surface area contributed by atoms with E-state index in [1.54, 1.807) is 7.11 Å². The van der Waals surface area contributed by atoms with Crippen molar-refractivity contribution in [2.24, 2.45) is 11.8 Å². The molecule has 0 heterocycles. The molecule has 13 heavy (non-hydrogen) atoms. The summed E-state index contributed by atoms with van der Waals surface area (Å²) in [5, 5.41) is 3.65. The van der Waals surface area contributed by atoms with Gasteiger partial charge in [0.25, 0.3) is 0 Å². The van der Waals surface area contributed by atoms with E-state index in [9.17, 15) is 0 Å². The average Bonchev–Trinajstić information content (AvgIpc) is 2.85. The summed E-state index contributed by atoms with van der Waals surface area (Å²) < 4.78 is 5.20. The number of hydrogen-bond acceptors (Lipinski definition) is 2. The smallest absolute Gasteiger partial charge is 0.0618 e. The van der Waals surface area contributed by atoms with Crippen LogP contribution in [0.1, 0.15) is 33.6 Å². The quantitative estimate of drug-likeness (QED) is 0.684. The molecule has 1 aliphatic rings. The molecular formula is C11H23NO. The van der Waals surface area contributed by atoms with Crippen LogP contribution in [-0.2, 0) is 4.74 Å². The maximum Gasteiger partial charge on any atom is 0.0618 e. The lowest BCUT2D eigenvalue weighted by Crippen LogP contribution is -2.43. The van der Waals surface area contributed by atoms with Gasteiger partial charge < -0.3 is 10.1 Å². The van der Waals surface area contributed by atoms with E-state index in [4.69, 9.17) is 4.74 Å². The molecule has 0 aromatic carbocycles. The second-order valence-electron chi connectivity index (χ2n) is 4.60. The van der Waals surface area contributed by atoms with Gasteiger partial charge in [-0.25, -0.2) is 0 Å². The fourth-order valence-corrected chi connectivity index (χ4v) is 1.68. The molecule has 0 radical (unpaired) electrons. The highest BCUT2D eigenvalue weighted by atomic mass is 16.5. The average molecular weight is 185 g/mol. The molecule has 2 atom stereocenters. The maximum atomic E-state index is 5.20. The summed E-state index contributed by atoms with van der Waals surface area (Å²) in [5.41, 5.74) is 0. The third kappa shape index (κ3) is 3.65. The van der Waals surface area contributed by atoms with Crippen molar-refractivity contribution in [3.63, 3.8) is 0 Å². The monoisotopic (exact) mass is 185 g/mol. The molecule has 1 fully saturated rings. The third-order valence-corrected chi connectivity index (χ3v) is 2.96. The predicted octanol–water partition coefficient (Wildman–Crippen LogP) is 2.05. The molecule has 2 unspecified atom stereocenters. The van der Waals surface area contributed by atoms with Crippen molar-refractivity contribution in [3.8, 4) is 0 Å². The maximum absolute atomic E-state index is 5.20. The molecule has 0 aromatic heterocycles. The van der Waals surface area contributed by atoms with Crippen LogP contribution in [-0.4, -0.2) is 25.8 Å². The second-order valence-corrected chi connectivity index (χ2v) is 4.60. The Kier molecular flexibility index (Phi) is 4.20. The lowest BCUT2D eigenvalue weighted by Gasteiger charge is -2.25. The third-order valence-electron chi connectivity index (χ3n) is 2.96. The summed E-state index contributed by atoms with van der Waals surface area (Å²) in [5.74, 6) is 1.58. The van der Waals surface area contributed by atoms with Gasteiger partial charge in [0, 0.05) is 19.2 Å². The van der Waals surface area contributed by atoms with E-state index in [2.05, 4.69) is 26.1 Å². The minimum absolute atomic E-state index is 0.514. The van der Waals surface area contributed by atoms with Gasteiger partial charge in [-0.05, 0) is 31.6 Å². The van der Waals surface area contributed by atoms with Crippen molar-refractivity contribution in [2.75, 3.05) is 13.7 Å². The van der Waals surface area contributed by atoms with Crippen LogP contribution < -0.4 is 5.32 Å². The second kappa shape index (κ2) is 4.97. The van der Waals surface area contributed by atoms with E-state index in [0.717, 1.165) is 12.5 Å². The molecule has 0 aromatic rings. The molecule has 0 amide bonds. The van der Waals surface area contributed by atoms with Gasteiger partial charge in [0.1, 0.15) is 0 Å². The van der Waals surface area contributed by atoms with E-state index in [1.807, 2.05) is 0 Å². The lowest BCUT2D eigenvalue weighted by molar-refractivity contribution is 0.139. The SMILES string of the molecule is COCC(NC(C)C1CC1)C(C)C. The van der Waals surface area contributed by atoms with Crippen molar-refractivity contribution in [3.05, 3.63) is 0 Å². The van der Waals surface area contributed by atoms with Crippen LogP contribution in [0.25, 0.3) is 0 Å². The Hall–Kier alpha value is -0.0800. The standard InChI is InChI=1S/C11H23NO/c1-8(2)11(7-13-4)12-9(3)10-5-6-10/h8-12H,5-7H2,1-4H3.